The molecule has 1 aliphatic rings. The van der Waals surface area contributed by atoms with Gasteiger partial charge < -0.3 is 14.8 Å². The quantitative estimate of drug-likeness (QED) is 0.634. The number of nitrogens with zero attached hydrogens (tertiary/aromatic N) is 1. The molecule has 1 aromatic carbocycles. The first kappa shape index (κ1) is 13.8. The van der Waals surface area contributed by atoms with Crippen molar-refractivity contribution in [2.75, 3.05) is 13.7 Å². The van der Waals surface area contributed by atoms with Crippen LogP contribution < -0.4 is 20.1 Å². The molecule has 0 radical (unpaired) electrons. The van der Waals surface area contributed by atoms with Gasteiger partial charge in [-0.15, -0.1) is 0 Å². The number of rotatable bonds is 4. The first-order chi connectivity index (χ1) is 9.65. The Morgan fingerprint density at radius 3 is 2.85 bits per heavy atom. The van der Waals surface area contributed by atoms with E-state index in [1.807, 2.05) is 6.07 Å². The zero-order valence-corrected chi connectivity index (χ0v) is 11.4. The van der Waals surface area contributed by atoms with Crippen molar-refractivity contribution in [1.29, 1.82) is 5.26 Å². The summed E-state index contributed by atoms with van der Waals surface area (Å²) < 4.78 is 10.5. The summed E-state index contributed by atoms with van der Waals surface area (Å²) in [7, 11) is 1.50. The van der Waals surface area contributed by atoms with Gasteiger partial charge in [-0.25, -0.2) is 0 Å². The number of para-hydroxylation sites is 1. The summed E-state index contributed by atoms with van der Waals surface area (Å²) in [5, 5.41) is 14.1. The zero-order valence-electron chi connectivity index (χ0n) is 10.6. The number of carbonyl (C=O) groups is 1. The number of hydrogen-bond acceptors (Lipinski definition) is 5. The van der Waals surface area contributed by atoms with Gasteiger partial charge in [-0.2, -0.15) is 5.26 Å². The first-order valence-electron chi connectivity index (χ1n) is 5.66. The van der Waals surface area contributed by atoms with Gasteiger partial charge in [0, 0.05) is 5.56 Å². The summed E-state index contributed by atoms with van der Waals surface area (Å²) in [5.41, 5.74) is 0.923. The summed E-state index contributed by atoms with van der Waals surface area (Å²) in [4.78, 5) is 11.6. The number of thiocarbonyl (C=S) groups is 1. The van der Waals surface area contributed by atoms with E-state index in [1.54, 1.807) is 24.3 Å². The fourth-order valence-corrected chi connectivity index (χ4v) is 1.91. The van der Waals surface area contributed by atoms with E-state index in [-0.39, 0.29) is 17.6 Å². The standard InChI is InChI=1S/C13H11N3O3S/c1-18-10-4-2-3-8(11(10)19-6-5-14)7-9-12(17)16-13(20)15-9/h2-4,7H,6H2,1H3,(H2,15,16,17,20). The van der Waals surface area contributed by atoms with Crippen LogP contribution in [-0.4, -0.2) is 24.7 Å². The van der Waals surface area contributed by atoms with E-state index in [4.69, 9.17) is 27.0 Å². The average Bonchev–Trinajstić information content (AvgIpc) is 2.75. The highest BCUT2D eigenvalue weighted by Crippen LogP contribution is 2.32. The molecule has 6 nitrogen and oxygen atoms in total. The Balaban J connectivity index is 2.41. The summed E-state index contributed by atoms with van der Waals surface area (Å²) in [6.07, 6.45) is 1.59. The summed E-state index contributed by atoms with van der Waals surface area (Å²) in [6.45, 7) is -0.116. The normalized spacial score (nSPS) is 15.5. The summed E-state index contributed by atoms with van der Waals surface area (Å²) in [5.74, 6) is 0.566. The predicted molar refractivity (Wildman–Crippen MR) is 76.0 cm³/mol. The number of benzene rings is 1. The maximum absolute atomic E-state index is 11.6. The van der Waals surface area contributed by atoms with Gasteiger partial charge in [-0.1, -0.05) is 12.1 Å². The SMILES string of the molecule is COc1cccc(C=C2NC(=S)NC2=O)c1OCC#N. The van der Waals surface area contributed by atoms with Crippen LogP contribution in [0, 0.1) is 11.3 Å². The molecule has 0 saturated carbocycles. The van der Waals surface area contributed by atoms with Crippen molar-refractivity contribution in [3.63, 3.8) is 0 Å². The molecule has 1 aromatic rings. The van der Waals surface area contributed by atoms with Gasteiger partial charge in [0.2, 0.25) is 0 Å². The molecule has 0 unspecified atom stereocenters. The third-order valence-electron chi connectivity index (χ3n) is 2.53. The minimum atomic E-state index is -0.316. The zero-order chi connectivity index (χ0) is 14.5. The second-order valence-electron chi connectivity index (χ2n) is 3.79. The van der Waals surface area contributed by atoms with Gasteiger partial charge >= 0.3 is 0 Å². The van der Waals surface area contributed by atoms with Gasteiger partial charge in [0.05, 0.1) is 7.11 Å². The van der Waals surface area contributed by atoms with E-state index < -0.39 is 0 Å². The van der Waals surface area contributed by atoms with Crippen LogP contribution in [0.5, 0.6) is 11.5 Å². The molecular weight excluding hydrogens is 278 g/mol. The number of carbonyl (C=O) groups excluding carboxylic acids is 1. The molecule has 20 heavy (non-hydrogen) atoms. The smallest absolute Gasteiger partial charge is 0.273 e. The molecule has 1 amide bonds. The van der Waals surface area contributed by atoms with Crippen LogP contribution >= 0.6 is 12.2 Å². The predicted octanol–water partition coefficient (Wildman–Crippen LogP) is 0.943. The van der Waals surface area contributed by atoms with Gasteiger partial charge in [0.15, 0.2) is 23.2 Å². The Kier molecular flexibility index (Phi) is 4.17. The largest absolute Gasteiger partial charge is 0.493 e. The lowest BCUT2D eigenvalue weighted by Crippen LogP contribution is -2.21. The maximum Gasteiger partial charge on any atom is 0.273 e. The van der Waals surface area contributed by atoms with E-state index in [1.165, 1.54) is 7.11 Å². The molecule has 0 spiro atoms. The molecule has 0 aromatic heterocycles. The lowest BCUT2D eigenvalue weighted by atomic mass is 10.1. The van der Waals surface area contributed by atoms with Crippen molar-refractivity contribution in [1.82, 2.24) is 10.6 Å². The van der Waals surface area contributed by atoms with Gasteiger partial charge in [-0.05, 0) is 24.4 Å². The Labute approximate surface area is 121 Å². The van der Waals surface area contributed by atoms with Gasteiger partial charge in [0.25, 0.3) is 5.91 Å². The number of nitriles is 1. The van der Waals surface area contributed by atoms with Gasteiger partial charge in [-0.3, -0.25) is 10.1 Å². The van der Waals surface area contributed by atoms with E-state index in [0.717, 1.165) is 0 Å². The molecule has 1 saturated heterocycles. The molecule has 0 atom stereocenters. The fraction of sp³-hybridized carbons (Fsp3) is 0.154. The molecule has 2 rings (SSSR count). The maximum atomic E-state index is 11.6. The Morgan fingerprint density at radius 2 is 2.25 bits per heavy atom. The van der Waals surface area contributed by atoms with Crippen molar-refractivity contribution >= 4 is 29.3 Å². The first-order valence-corrected chi connectivity index (χ1v) is 6.07. The number of ether oxygens (including phenoxy) is 2. The van der Waals surface area contributed by atoms with E-state index in [9.17, 15) is 4.79 Å². The lowest BCUT2D eigenvalue weighted by molar-refractivity contribution is -0.115. The topological polar surface area (TPSA) is 83.4 Å². The van der Waals surface area contributed by atoms with Crippen molar-refractivity contribution in [3.05, 3.63) is 29.5 Å². The lowest BCUT2D eigenvalue weighted by Gasteiger charge is -2.11. The molecule has 102 valence electrons. The van der Waals surface area contributed by atoms with Crippen LogP contribution in [0.25, 0.3) is 6.08 Å². The van der Waals surface area contributed by atoms with Crippen molar-refractivity contribution < 1.29 is 14.3 Å². The van der Waals surface area contributed by atoms with Crippen LogP contribution in [0.4, 0.5) is 0 Å². The van der Waals surface area contributed by atoms with Crippen LogP contribution in [0.2, 0.25) is 0 Å². The molecule has 1 aliphatic heterocycles. The Morgan fingerprint density at radius 1 is 1.45 bits per heavy atom. The summed E-state index contributed by atoms with van der Waals surface area (Å²) in [6, 6.07) is 7.11. The minimum Gasteiger partial charge on any atom is -0.493 e. The van der Waals surface area contributed by atoms with Crippen LogP contribution in [0.1, 0.15) is 5.56 Å². The summed E-state index contributed by atoms with van der Waals surface area (Å²) >= 11 is 4.86. The number of methoxy groups -OCH3 is 1. The molecule has 0 bridgehead atoms. The minimum absolute atomic E-state index is 0.116. The Bertz CT molecular complexity index is 634. The fourth-order valence-electron chi connectivity index (χ4n) is 1.70. The third-order valence-corrected chi connectivity index (χ3v) is 2.73. The third kappa shape index (κ3) is 2.87. The number of hydrogen-bond donors (Lipinski definition) is 2. The number of amides is 1. The molecule has 0 aliphatic carbocycles. The molecule has 1 heterocycles. The van der Waals surface area contributed by atoms with E-state index in [2.05, 4.69) is 10.6 Å². The van der Waals surface area contributed by atoms with Crippen molar-refractivity contribution in [3.8, 4) is 17.6 Å². The monoisotopic (exact) mass is 289 g/mol. The van der Waals surface area contributed by atoms with E-state index in [0.29, 0.717) is 22.8 Å². The van der Waals surface area contributed by atoms with Crippen LogP contribution in [0.15, 0.2) is 23.9 Å². The van der Waals surface area contributed by atoms with Crippen molar-refractivity contribution in [2.45, 2.75) is 0 Å². The highest BCUT2D eigenvalue weighted by Gasteiger charge is 2.21. The highest BCUT2D eigenvalue weighted by molar-refractivity contribution is 7.80. The van der Waals surface area contributed by atoms with Gasteiger partial charge in [0.1, 0.15) is 11.8 Å². The van der Waals surface area contributed by atoms with Crippen LogP contribution in [-0.2, 0) is 4.79 Å². The second-order valence-corrected chi connectivity index (χ2v) is 4.20. The van der Waals surface area contributed by atoms with E-state index >= 15 is 0 Å². The molecule has 7 heteroatoms. The average molecular weight is 289 g/mol. The molecular formula is C13H11N3O3S. The van der Waals surface area contributed by atoms with Crippen LogP contribution in [0.3, 0.4) is 0 Å². The number of nitrogens with one attached hydrogen (secondary N) is 2. The molecule has 1 fully saturated rings. The molecule has 2 N–H and O–H groups in total. The second kappa shape index (κ2) is 6.04. The van der Waals surface area contributed by atoms with Crippen molar-refractivity contribution in [2.24, 2.45) is 0 Å². The highest BCUT2D eigenvalue weighted by atomic mass is 32.1. The Hall–Kier alpha value is -2.59.